The molecule has 5 rings (SSSR count). The monoisotopic (exact) mass is 613 g/mol. The molecule has 220 valence electrons. The Morgan fingerprint density at radius 1 is 1.12 bits per heavy atom. The molecule has 1 aliphatic carbocycles. The number of fused-ring (bicyclic) bond motifs is 3. The molecule has 1 fully saturated rings. The van der Waals surface area contributed by atoms with Gasteiger partial charge in [-0.05, 0) is 30.5 Å². The van der Waals surface area contributed by atoms with Crippen LogP contribution in [0.5, 0.6) is 5.75 Å². The molecule has 0 radical (unpaired) electrons. The van der Waals surface area contributed by atoms with E-state index in [1.807, 2.05) is 0 Å². The molecule has 1 atom stereocenters. The van der Waals surface area contributed by atoms with Gasteiger partial charge in [-0.25, -0.2) is 23.4 Å². The minimum absolute atomic E-state index is 0.0714. The van der Waals surface area contributed by atoms with Crippen molar-refractivity contribution in [1.29, 1.82) is 0 Å². The summed E-state index contributed by atoms with van der Waals surface area (Å²) in [6, 6.07) is 3.35. The third-order valence-electron chi connectivity index (χ3n) is 6.54. The fraction of sp³-hybridized carbons (Fsp3) is 0.391. The van der Waals surface area contributed by atoms with Crippen LogP contribution in [0, 0.1) is 0 Å². The highest BCUT2D eigenvalue weighted by Gasteiger charge is 2.76. The number of amides is 2. The number of ether oxygens (including phenoxy) is 2. The highest BCUT2D eigenvalue weighted by molar-refractivity contribution is 6.34. The molecule has 0 bridgehead atoms. The Balaban J connectivity index is 1.62. The van der Waals surface area contributed by atoms with Crippen LogP contribution in [-0.4, -0.2) is 62.0 Å². The molecule has 1 aromatic carbocycles. The molecular formula is C23H16ClF8N5O4. The zero-order valence-corrected chi connectivity index (χ0v) is 21.4. The summed E-state index contributed by atoms with van der Waals surface area (Å²) in [6.45, 7) is 0. The molecule has 1 unspecified atom stereocenters. The number of hydrogen-bond donors (Lipinski definition) is 0. The molecule has 2 aromatic heterocycles. The lowest BCUT2D eigenvalue weighted by molar-refractivity contribution is -0.350. The number of hydrogen-bond acceptors (Lipinski definition) is 6. The van der Waals surface area contributed by atoms with Crippen molar-refractivity contribution in [2.45, 2.75) is 43.3 Å². The Morgan fingerprint density at radius 3 is 2.32 bits per heavy atom. The summed E-state index contributed by atoms with van der Waals surface area (Å²) in [4.78, 5) is 26.2. The lowest BCUT2D eigenvalue weighted by Crippen LogP contribution is -2.51. The molecule has 0 saturated heterocycles. The smallest absolute Gasteiger partial charge is 0.437 e. The number of nitrogens with zero attached hydrogens (tertiary/aromatic N) is 5. The van der Waals surface area contributed by atoms with Crippen molar-refractivity contribution in [2.24, 2.45) is 7.05 Å². The summed E-state index contributed by atoms with van der Waals surface area (Å²) >= 11 is 6.20. The van der Waals surface area contributed by atoms with Gasteiger partial charge in [-0.3, -0.25) is 4.79 Å². The molecule has 1 saturated carbocycles. The largest absolute Gasteiger partial charge is 0.452 e. The zero-order chi connectivity index (χ0) is 30.2. The van der Waals surface area contributed by atoms with E-state index in [1.165, 1.54) is 18.2 Å². The summed E-state index contributed by atoms with van der Waals surface area (Å²) in [5, 5.41) is 6.85. The van der Waals surface area contributed by atoms with Crippen molar-refractivity contribution in [1.82, 2.24) is 24.5 Å². The number of carbonyl (C=O) groups excluding carboxylic acids is 2. The number of aromatic nitrogens is 4. The summed E-state index contributed by atoms with van der Waals surface area (Å²) in [7, 11) is 1.97. The van der Waals surface area contributed by atoms with Gasteiger partial charge in [-0.1, -0.05) is 17.7 Å². The van der Waals surface area contributed by atoms with Crippen LogP contribution < -0.4 is 4.74 Å². The van der Waals surface area contributed by atoms with Gasteiger partial charge >= 0.3 is 24.1 Å². The van der Waals surface area contributed by atoms with E-state index in [-0.39, 0.29) is 21.7 Å². The van der Waals surface area contributed by atoms with E-state index in [2.05, 4.69) is 14.9 Å². The Bertz CT molecular complexity index is 1550. The van der Waals surface area contributed by atoms with Gasteiger partial charge < -0.3 is 9.47 Å². The van der Waals surface area contributed by atoms with Crippen molar-refractivity contribution in [3.63, 3.8) is 0 Å². The second-order valence-electron chi connectivity index (χ2n) is 9.14. The molecule has 2 amide bonds. The van der Waals surface area contributed by atoms with Gasteiger partial charge in [0, 0.05) is 18.7 Å². The number of alkyl halides is 8. The third kappa shape index (κ3) is 4.28. The van der Waals surface area contributed by atoms with E-state index in [9.17, 15) is 40.3 Å². The SMILES string of the molecule is COC(=O)N(C(=O)c1cc(-c2cnn3c2C(F)Oc2c(C(F)(C(F)(F)F)C(F)(F)F)nn(C)c2-3)ccc1Cl)C1CC1. The van der Waals surface area contributed by atoms with Crippen LogP contribution in [0.1, 0.15) is 40.9 Å². The van der Waals surface area contributed by atoms with Crippen molar-refractivity contribution in [3.8, 4) is 22.7 Å². The van der Waals surface area contributed by atoms with Gasteiger partial charge in [0.25, 0.3) is 12.3 Å². The van der Waals surface area contributed by atoms with Crippen LogP contribution in [0.4, 0.5) is 39.9 Å². The number of aryl methyl sites for hydroxylation is 1. The topological polar surface area (TPSA) is 91.5 Å². The van der Waals surface area contributed by atoms with E-state index in [4.69, 9.17) is 16.3 Å². The van der Waals surface area contributed by atoms with Gasteiger partial charge in [0.2, 0.25) is 0 Å². The lowest BCUT2D eigenvalue weighted by atomic mass is 9.99. The zero-order valence-electron chi connectivity index (χ0n) is 20.6. The van der Waals surface area contributed by atoms with Crippen molar-refractivity contribution in [2.75, 3.05) is 7.11 Å². The maximum atomic E-state index is 15.4. The molecule has 9 nitrogen and oxygen atoms in total. The van der Waals surface area contributed by atoms with Crippen LogP contribution >= 0.6 is 11.6 Å². The van der Waals surface area contributed by atoms with E-state index in [0.29, 0.717) is 22.2 Å². The maximum Gasteiger partial charge on any atom is 0.437 e. The van der Waals surface area contributed by atoms with Crippen molar-refractivity contribution in [3.05, 3.63) is 46.4 Å². The minimum Gasteiger partial charge on any atom is -0.452 e. The first-order chi connectivity index (χ1) is 19.0. The van der Waals surface area contributed by atoms with Gasteiger partial charge in [-0.2, -0.15) is 40.9 Å². The van der Waals surface area contributed by atoms with E-state index in [1.54, 1.807) is 0 Å². The number of methoxy groups -OCH3 is 1. The summed E-state index contributed by atoms with van der Waals surface area (Å²) in [6.07, 6.45) is -14.7. The molecular weight excluding hydrogens is 598 g/mol. The van der Waals surface area contributed by atoms with E-state index in [0.717, 1.165) is 25.3 Å². The van der Waals surface area contributed by atoms with Gasteiger partial charge in [0.1, 0.15) is 5.69 Å². The highest BCUT2D eigenvalue weighted by atomic mass is 35.5. The van der Waals surface area contributed by atoms with Gasteiger partial charge in [-0.15, -0.1) is 0 Å². The molecule has 0 N–H and O–H groups in total. The summed E-state index contributed by atoms with van der Waals surface area (Å²) in [5.41, 5.74) is -8.97. The molecule has 1 aliphatic heterocycles. The van der Waals surface area contributed by atoms with Crippen LogP contribution in [-0.2, 0) is 17.5 Å². The van der Waals surface area contributed by atoms with Gasteiger partial charge in [0.15, 0.2) is 17.3 Å². The van der Waals surface area contributed by atoms with E-state index >= 15 is 4.39 Å². The molecule has 0 spiro atoms. The lowest BCUT2D eigenvalue weighted by Gasteiger charge is -2.30. The van der Waals surface area contributed by atoms with Crippen LogP contribution in [0.15, 0.2) is 24.4 Å². The maximum absolute atomic E-state index is 15.4. The van der Waals surface area contributed by atoms with Crippen LogP contribution in [0.3, 0.4) is 0 Å². The average molecular weight is 614 g/mol. The predicted molar refractivity (Wildman–Crippen MR) is 122 cm³/mol. The fourth-order valence-corrected chi connectivity index (χ4v) is 4.63. The first-order valence-electron chi connectivity index (χ1n) is 11.5. The number of halogens is 9. The number of carbonyl (C=O) groups is 2. The van der Waals surface area contributed by atoms with Crippen LogP contribution in [0.25, 0.3) is 16.9 Å². The Labute approximate surface area is 229 Å². The molecule has 41 heavy (non-hydrogen) atoms. The van der Waals surface area contributed by atoms with Crippen molar-refractivity contribution < 1.29 is 54.2 Å². The quantitative estimate of drug-likeness (QED) is 0.338. The normalized spacial score (nSPS) is 17.0. The Kier molecular flexibility index (Phi) is 6.51. The van der Waals surface area contributed by atoms with Crippen LogP contribution in [0.2, 0.25) is 5.02 Å². The Morgan fingerprint density at radius 2 is 1.76 bits per heavy atom. The predicted octanol–water partition coefficient (Wildman–Crippen LogP) is 5.95. The molecule has 3 aromatic rings. The van der Waals surface area contributed by atoms with E-state index < -0.39 is 65.4 Å². The fourth-order valence-electron chi connectivity index (χ4n) is 4.43. The average Bonchev–Trinajstić information content (AvgIpc) is 3.52. The molecule has 3 heterocycles. The minimum atomic E-state index is -6.52. The number of imide groups is 1. The number of rotatable bonds is 4. The summed E-state index contributed by atoms with van der Waals surface area (Å²) in [5.74, 6) is -3.00. The molecule has 18 heteroatoms. The third-order valence-corrected chi connectivity index (χ3v) is 6.87. The second-order valence-corrected chi connectivity index (χ2v) is 9.55. The Hall–Kier alpha value is -3.89. The molecule has 2 aliphatic rings. The number of benzene rings is 1. The first-order valence-corrected chi connectivity index (χ1v) is 11.9. The van der Waals surface area contributed by atoms with Gasteiger partial charge in [0.05, 0.1) is 23.9 Å². The highest BCUT2D eigenvalue weighted by Crippen LogP contribution is 2.57. The van der Waals surface area contributed by atoms with Crippen molar-refractivity contribution >= 4 is 23.6 Å². The standard InChI is InChI=1S/C23H16ClF8N5O4/c1-35-18-15(16(34-35)21(26,22(27,28)29)23(30,31)32)41-17(25)14-12(8-33-37(14)18)9-3-6-13(24)11(7-9)19(38)36(10-4-5-10)20(39)40-2/h3,6-8,10,17H,4-5H2,1-2H3. The first kappa shape index (κ1) is 28.6. The summed E-state index contributed by atoms with van der Waals surface area (Å²) < 4.78 is 121. The second kappa shape index (κ2) is 9.32.